The van der Waals surface area contributed by atoms with Crippen LogP contribution in [0.2, 0.25) is 5.02 Å². The summed E-state index contributed by atoms with van der Waals surface area (Å²) in [6.45, 7) is 0. The predicted octanol–water partition coefficient (Wildman–Crippen LogP) is 3.16. The topological polar surface area (TPSA) is 81.7 Å². The summed E-state index contributed by atoms with van der Waals surface area (Å²) in [5.41, 5.74) is 0.565. The highest BCUT2D eigenvalue weighted by Gasteiger charge is 2.18. The Hall–Kier alpha value is -2.25. The first-order chi connectivity index (χ1) is 11.9. The van der Waals surface area contributed by atoms with E-state index in [0.29, 0.717) is 17.2 Å². The molecule has 0 aromatic heterocycles. The molecule has 134 valence electrons. The third-order valence-electron chi connectivity index (χ3n) is 3.45. The Morgan fingerprint density at radius 2 is 1.76 bits per heavy atom. The molecular weight excluding hydrogens is 366 g/mol. The molecule has 1 N–H and O–H groups in total. The lowest BCUT2D eigenvalue weighted by Gasteiger charge is -2.08. The standard InChI is InChI=1S/C17H18ClNO5S/c1-23-13-5-3-12(4-6-13)19-17(20)9-10-25(21,22)14-7-8-16(24-2)15(18)11-14/h3-8,11H,9-10H2,1-2H3,(H,19,20). The van der Waals surface area contributed by atoms with Gasteiger partial charge in [0.2, 0.25) is 5.91 Å². The van der Waals surface area contributed by atoms with Gasteiger partial charge in [-0.3, -0.25) is 4.79 Å². The molecule has 2 rings (SSSR count). The van der Waals surface area contributed by atoms with E-state index in [1.165, 1.54) is 25.3 Å². The van der Waals surface area contributed by atoms with E-state index < -0.39 is 15.7 Å². The van der Waals surface area contributed by atoms with Gasteiger partial charge < -0.3 is 14.8 Å². The first kappa shape index (κ1) is 19.1. The van der Waals surface area contributed by atoms with Gasteiger partial charge in [-0.15, -0.1) is 0 Å². The number of methoxy groups -OCH3 is 2. The van der Waals surface area contributed by atoms with E-state index in [0.717, 1.165) is 0 Å². The smallest absolute Gasteiger partial charge is 0.225 e. The Balaban J connectivity index is 1.98. The van der Waals surface area contributed by atoms with E-state index in [-0.39, 0.29) is 22.1 Å². The van der Waals surface area contributed by atoms with Crippen LogP contribution in [0.1, 0.15) is 6.42 Å². The third kappa shape index (κ3) is 5.11. The van der Waals surface area contributed by atoms with E-state index in [4.69, 9.17) is 21.1 Å². The van der Waals surface area contributed by atoms with Crippen molar-refractivity contribution >= 4 is 33.0 Å². The maximum Gasteiger partial charge on any atom is 0.225 e. The molecule has 8 heteroatoms. The fraction of sp³-hybridized carbons (Fsp3) is 0.235. The van der Waals surface area contributed by atoms with Crippen molar-refractivity contribution in [3.05, 3.63) is 47.5 Å². The lowest BCUT2D eigenvalue weighted by molar-refractivity contribution is -0.115. The number of rotatable bonds is 7. The molecule has 0 saturated carbocycles. The van der Waals surface area contributed by atoms with Gasteiger partial charge in [-0.2, -0.15) is 0 Å². The molecule has 25 heavy (non-hydrogen) atoms. The van der Waals surface area contributed by atoms with Crippen molar-refractivity contribution in [1.82, 2.24) is 0 Å². The summed E-state index contributed by atoms with van der Waals surface area (Å²) >= 11 is 5.95. The van der Waals surface area contributed by atoms with Crippen LogP contribution in [0, 0.1) is 0 Å². The fourth-order valence-electron chi connectivity index (χ4n) is 2.08. The number of hydrogen-bond donors (Lipinski definition) is 1. The normalized spacial score (nSPS) is 11.0. The Bertz CT molecular complexity index is 850. The number of anilines is 1. The molecule has 0 aliphatic rings. The van der Waals surface area contributed by atoms with Gasteiger partial charge in [0.05, 0.1) is 29.9 Å². The van der Waals surface area contributed by atoms with E-state index in [2.05, 4.69) is 5.32 Å². The van der Waals surface area contributed by atoms with Crippen molar-refractivity contribution in [2.75, 3.05) is 25.3 Å². The molecule has 0 fully saturated rings. The van der Waals surface area contributed by atoms with Crippen molar-refractivity contribution < 1.29 is 22.7 Å². The van der Waals surface area contributed by atoms with E-state index in [1.54, 1.807) is 31.4 Å². The zero-order valence-corrected chi connectivity index (χ0v) is 15.4. The number of carbonyl (C=O) groups is 1. The van der Waals surface area contributed by atoms with Gasteiger partial charge in [0.1, 0.15) is 11.5 Å². The van der Waals surface area contributed by atoms with Crippen LogP contribution in [-0.4, -0.2) is 34.3 Å². The second-order valence-corrected chi connectivity index (χ2v) is 7.66. The Kier molecular flexibility index (Phi) is 6.27. The van der Waals surface area contributed by atoms with Crippen molar-refractivity contribution in [3.63, 3.8) is 0 Å². The highest BCUT2D eigenvalue weighted by molar-refractivity contribution is 7.91. The molecule has 0 spiro atoms. The molecular formula is C17H18ClNO5S. The molecule has 0 bridgehead atoms. The predicted molar refractivity (Wildman–Crippen MR) is 96.3 cm³/mol. The zero-order valence-electron chi connectivity index (χ0n) is 13.8. The lowest BCUT2D eigenvalue weighted by atomic mass is 10.3. The summed E-state index contributed by atoms with van der Waals surface area (Å²) in [6.07, 6.45) is -0.169. The van der Waals surface area contributed by atoms with Crippen LogP contribution in [0.3, 0.4) is 0 Å². The minimum Gasteiger partial charge on any atom is -0.497 e. The monoisotopic (exact) mass is 383 g/mol. The van der Waals surface area contributed by atoms with E-state index in [9.17, 15) is 13.2 Å². The van der Waals surface area contributed by atoms with Crippen molar-refractivity contribution in [3.8, 4) is 11.5 Å². The Labute approximate surface area is 151 Å². The molecule has 0 radical (unpaired) electrons. The SMILES string of the molecule is COc1ccc(NC(=O)CCS(=O)(=O)c2ccc(OC)c(Cl)c2)cc1. The zero-order chi connectivity index (χ0) is 18.4. The third-order valence-corrected chi connectivity index (χ3v) is 5.46. The molecule has 0 aliphatic carbocycles. The summed E-state index contributed by atoms with van der Waals surface area (Å²) in [5, 5.41) is 2.84. The molecule has 2 aromatic carbocycles. The van der Waals surface area contributed by atoms with E-state index >= 15 is 0 Å². The van der Waals surface area contributed by atoms with Crippen LogP contribution in [0.4, 0.5) is 5.69 Å². The molecule has 0 heterocycles. The molecule has 6 nitrogen and oxygen atoms in total. The van der Waals surface area contributed by atoms with Gasteiger partial charge in [-0.1, -0.05) is 11.6 Å². The average molecular weight is 384 g/mol. The largest absolute Gasteiger partial charge is 0.497 e. The number of halogens is 1. The molecule has 0 unspecified atom stereocenters. The van der Waals surface area contributed by atoms with Crippen LogP contribution in [0.15, 0.2) is 47.4 Å². The summed E-state index contributed by atoms with van der Waals surface area (Å²) in [4.78, 5) is 12.0. The van der Waals surface area contributed by atoms with Crippen molar-refractivity contribution in [1.29, 1.82) is 0 Å². The fourth-order valence-corrected chi connectivity index (χ4v) is 3.67. The van der Waals surface area contributed by atoms with Gasteiger partial charge in [-0.05, 0) is 42.5 Å². The van der Waals surface area contributed by atoms with Gasteiger partial charge in [0, 0.05) is 12.1 Å². The number of carbonyl (C=O) groups excluding carboxylic acids is 1. The maximum atomic E-state index is 12.3. The van der Waals surface area contributed by atoms with Crippen LogP contribution in [0.5, 0.6) is 11.5 Å². The Morgan fingerprint density at radius 3 is 2.32 bits per heavy atom. The first-order valence-electron chi connectivity index (χ1n) is 7.36. The number of ether oxygens (including phenoxy) is 2. The number of sulfone groups is 1. The highest BCUT2D eigenvalue weighted by Crippen LogP contribution is 2.27. The van der Waals surface area contributed by atoms with Gasteiger partial charge >= 0.3 is 0 Å². The van der Waals surface area contributed by atoms with Gasteiger partial charge in [0.15, 0.2) is 9.84 Å². The number of amides is 1. The second kappa shape index (κ2) is 8.22. The van der Waals surface area contributed by atoms with Crippen molar-refractivity contribution in [2.24, 2.45) is 0 Å². The lowest BCUT2D eigenvalue weighted by Crippen LogP contribution is -2.17. The van der Waals surface area contributed by atoms with Crippen molar-refractivity contribution in [2.45, 2.75) is 11.3 Å². The summed E-state index contributed by atoms with van der Waals surface area (Å²) in [6, 6.07) is 10.9. The molecule has 0 atom stereocenters. The maximum absolute atomic E-state index is 12.3. The Morgan fingerprint density at radius 1 is 1.08 bits per heavy atom. The van der Waals surface area contributed by atoms with Gasteiger partial charge in [-0.25, -0.2) is 8.42 Å². The van der Waals surface area contributed by atoms with Crippen LogP contribution in [0.25, 0.3) is 0 Å². The minimum absolute atomic E-state index is 0.0514. The van der Waals surface area contributed by atoms with Crippen LogP contribution in [-0.2, 0) is 14.6 Å². The van der Waals surface area contributed by atoms with E-state index in [1.807, 2.05) is 0 Å². The summed E-state index contributed by atoms with van der Waals surface area (Å²) < 4.78 is 34.7. The minimum atomic E-state index is -3.63. The summed E-state index contributed by atoms with van der Waals surface area (Å²) in [5.74, 6) is 0.334. The number of benzene rings is 2. The molecule has 1 amide bonds. The number of nitrogens with one attached hydrogen (secondary N) is 1. The molecule has 0 aliphatic heterocycles. The quantitative estimate of drug-likeness (QED) is 0.794. The number of hydrogen-bond acceptors (Lipinski definition) is 5. The van der Waals surface area contributed by atoms with Crippen LogP contribution >= 0.6 is 11.6 Å². The molecule has 0 saturated heterocycles. The first-order valence-corrected chi connectivity index (χ1v) is 9.39. The average Bonchev–Trinajstić information content (AvgIpc) is 2.60. The highest BCUT2D eigenvalue weighted by atomic mass is 35.5. The van der Waals surface area contributed by atoms with Crippen LogP contribution < -0.4 is 14.8 Å². The second-order valence-electron chi connectivity index (χ2n) is 5.14. The van der Waals surface area contributed by atoms with Gasteiger partial charge in [0.25, 0.3) is 0 Å². The summed E-state index contributed by atoms with van der Waals surface area (Å²) in [7, 11) is -0.638. The molecule has 2 aromatic rings.